The van der Waals surface area contributed by atoms with Crippen LogP contribution in [0.3, 0.4) is 0 Å². The highest BCUT2D eigenvalue weighted by Gasteiger charge is 2.40. The van der Waals surface area contributed by atoms with Gasteiger partial charge in [-0.15, -0.1) is 0 Å². The van der Waals surface area contributed by atoms with Crippen molar-refractivity contribution in [3.05, 3.63) is 105 Å². The molecule has 1 aliphatic heterocycles. The largest absolute Gasteiger partial charge is 0.321 e. The van der Waals surface area contributed by atoms with E-state index in [1.54, 1.807) is 60.7 Å². The second-order valence-corrected chi connectivity index (χ2v) is 9.40. The first-order valence-electron chi connectivity index (χ1n) is 10.1. The van der Waals surface area contributed by atoms with E-state index in [1.165, 1.54) is 17.0 Å². The molecule has 0 aromatic heterocycles. The molecule has 9 heteroatoms. The Balaban J connectivity index is 1.71. The van der Waals surface area contributed by atoms with Gasteiger partial charge in [-0.1, -0.05) is 47.1 Å². The lowest BCUT2D eigenvalue weighted by Crippen LogP contribution is -2.30. The summed E-state index contributed by atoms with van der Waals surface area (Å²) in [5.41, 5.74) is 1.49. The first kappa shape index (κ1) is 23.8. The molecule has 1 heterocycles. The van der Waals surface area contributed by atoms with Crippen molar-refractivity contribution in [2.75, 3.05) is 10.2 Å². The fourth-order valence-electron chi connectivity index (χ4n) is 3.37. The van der Waals surface area contributed by atoms with Crippen molar-refractivity contribution in [1.29, 1.82) is 5.26 Å². The minimum absolute atomic E-state index is 0.204. The van der Waals surface area contributed by atoms with Crippen LogP contribution in [-0.4, -0.2) is 17.1 Å². The average Bonchev–Trinajstić information content (AvgIpc) is 3.13. The maximum Gasteiger partial charge on any atom is 0.269 e. The van der Waals surface area contributed by atoms with Gasteiger partial charge in [0.25, 0.3) is 5.91 Å². The molecule has 0 saturated carbocycles. The van der Waals surface area contributed by atoms with Gasteiger partial charge in [0.05, 0.1) is 5.25 Å². The molecule has 3 aromatic carbocycles. The smallest absolute Gasteiger partial charge is 0.269 e. The second kappa shape index (κ2) is 10.3. The van der Waals surface area contributed by atoms with Crippen molar-refractivity contribution >= 4 is 58.2 Å². The number of rotatable bonds is 5. The zero-order valence-corrected chi connectivity index (χ0v) is 19.8. The second-order valence-electron chi connectivity index (χ2n) is 7.34. The zero-order chi connectivity index (χ0) is 24.2. The minimum Gasteiger partial charge on any atom is -0.321 e. The summed E-state index contributed by atoms with van der Waals surface area (Å²) in [4.78, 5) is 27.8. The third kappa shape index (κ3) is 5.26. The van der Waals surface area contributed by atoms with Crippen molar-refractivity contribution in [2.24, 2.45) is 0 Å². The zero-order valence-electron chi connectivity index (χ0n) is 17.5. The molecule has 1 fully saturated rings. The van der Waals surface area contributed by atoms with Crippen LogP contribution in [0.15, 0.2) is 83.4 Å². The Kier molecular flexibility index (Phi) is 7.23. The van der Waals surface area contributed by atoms with Gasteiger partial charge in [0.15, 0.2) is 0 Å². The molecule has 3 aromatic rings. The molecule has 5 nitrogen and oxygen atoms in total. The van der Waals surface area contributed by atoms with E-state index in [1.807, 2.05) is 6.07 Å². The number of carbonyl (C=O) groups is 2. The molecule has 1 N–H and O–H groups in total. The summed E-state index contributed by atoms with van der Waals surface area (Å²) in [6.07, 6.45) is 0.300. The number of halogens is 3. The monoisotopic (exact) mass is 511 g/mol. The lowest BCUT2D eigenvalue weighted by atomic mass is 10.1. The quantitative estimate of drug-likeness (QED) is 0.327. The number of nitrogens with one attached hydrogen (secondary N) is 1. The summed E-state index contributed by atoms with van der Waals surface area (Å²) >= 11 is 13.0. The summed E-state index contributed by atoms with van der Waals surface area (Å²) in [6, 6.07) is 20.8. The lowest BCUT2D eigenvalue weighted by molar-refractivity contribution is -0.117. The number of benzene rings is 3. The van der Waals surface area contributed by atoms with Crippen LogP contribution >= 0.6 is 35.0 Å². The van der Waals surface area contributed by atoms with Gasteiger partial charge in [-0.3, -0.25) is 14.5 Å². The van der Waals surface area contributed by atoms with E-state index in [2.05, 4.69) is 5.32 Å². The maximum absolute atomic E-state index is 13.4. The number of hydrogen-bond acceptors (Lipinski definition) is 4. The van der Waals surface area contributed by atoms with Gasteiger partial charge in [0.2, 0.25) is 5.91 Å². The molecule has 0 radical (unpaired) electrons. The molecule has 0 unspecified atom stereocenters. The third-order valence-electron chi connectivity index (χ3n) is 5.03. The summed E-state index contributed by atoms with van der Waals surface area (Å²) in [6.45, 7) is 0. The maximum atomic E-state index is 13.4. The van der Waals surface area contributed by atoms with Crippen LogP contribution in [0.1, 0.15) is 5.56 Å². The molecule has 0 aliphatic carbocycles. The van der Waals surface area contributed by atoms with Gasteiger partial charge in [-0.2, -0.15) is 5.26 Å². The minimum atomic E-state index is -0.651. The molecule has 170 valence electrons. The Morgan fingerprint density at radius 2 is 1.59 bits per heavy atom. The Hall–Kier alpha value is -3.31. The SMILES string of the molecule is N#C/C(C(=O)Nc1ccc(Cl)cc1)=C1/S[C@H](Cc2ccc(F)cc2)C(=O)N1c1ccc(Cl)cc1. The van der Waals surface area contributed by atoms with Crippen LogP contribution in [0.4, 0.5) is 15.8 Å². The number of amides is 2. The van der Waals surface area contributed by atoms with E-state index in [0.29, 0.717) is 27.8 Å². The fraction of sp³-hybridized carbons (Fsp3) is 0.0800. The topological polar surface area (TPSA) is 73.2 Å². The fourth-order valence-corrected chi connectivity index (χ4v) is 4.93. The highest BCUT2D eigenvalue weighted by atomic mass is 35.5. The van der Waals surface area contributed by atoms with Gasteiger partial charge >= 0.3 is 0 Å². The van der Waals surface area contributed by atoms with E-state index in [4.69, 9.17) is 23.2 Å². The predicted molar refractivity (Wildman–Crippen MR) is 133 cm³/mol. The van der Waals surface area contributed by atoms with E-state index in [-0.39, 0.29) is 22.3 Å². The van der Waals surface area contributed by atoms with E-state index >= 15 is 0 Å². The standard InChI is InChI=1S/C25H16Cl2FN3O2S/c26-16-3-9-19(10-4-16)30-23(32)21(14-29)25-31(20-11-5-17(27)6-12-20)24(33)22(34-25)13-15-1-7-18(28)8-2-15/h1-12,22H,13H2,(H,30,32)/b25-21-/t22-/m1/s1. The summed E-state index contributed by atoms with van der Waals surface area (Å²) in [5, 5.41) is 13.1. The van der Waals surface area contributed by atoms with Crippen molar-refractivity contribution in [3.8, 4) is 6.07 Å². The number of carbonyl (C=O) groups excluding carboxylic acids is 2. The Morgan fingerprint density at radius 1 is 1.00 bits per heavy atom. The van der Waals surface area contributed by atoms with E-state index < -0.39 is 11.2 Å². The highest BCUT2D eigenvalue weighted by Crippen LogP contribution is 2.42. The molecule has 4 rings (SSSR count). The highest BCUT2D eigenvalue weighted by molar-refractivity contribution is 8.05. The molecule has 1 atom stereocenters. The van der Waals surface area contributed by atoms with Crippen molar-refractivity contribution in [1.82, 2.24) is 0 Å². The summed E-state index contributed by atoms with van der Waals surface area (Å²) in [5.74, 6) is -1.32. The van der Waals surface area contributed by atoms with Gasteiger partial charge in [0.1, 0.15) is 22.5 Å². The number of hydrogen-bond donors (Lipinski definition) is 1. The van der Waals surface area contributed by atoms with E-state index in [9.17, 15) is 19.2 Å². The average molecular weight is 512 g/mol. The van der Waals surface area contributed by atoms with Crippen LogP contribution in [0.5, 0.6) is 0 Å². The summed E-state index contributed by atoms with van der Waals surface area (Å²) in [7, 11) is 0. The van der Waals surface area contributed by atoms with Crippen LogP contribution in [0.2, 0.25) is 10.0 Å². The van der Waals surface area contributed by atoms with Crippen molar-refractivity contribution < 1.29 is 14.0 Å². The molecule has 2 amide bonds. The Labute approximate surface area is 209 Å². The third-order valence-corrected chi connectivity index (χ3v) is 6.79. The van der Waals surface area contributed by atoms with Gasteiger partial charge < -0.3 is 5.32 Å². The van der Waals surface area contributed by atoms with E-state index in [0.717, 1.165) is 17.3 Å². The Bertz CT molecular complexity index is 1300. The summed E-state index contributed by atoms with van der Waals surface area (Å²) < 4.78 is 13.3. The van der Waals surface area contributed by atoms with Crippen LogP contribution in [0, 0.1) is 17.1 Å². The molecule has 34 heavy (non-hydrogen) atoms. The lowest BCUT2D eigenvalue weighted by Gasteiger charge is -2.19. The van der Waals surface area contributed by atoms with Crippen LogP contribution < -0.4 is 10.2 Å². The van der Waals surface area contributed by atoms with Gasteiger partial charge in [-0.05, 0) is 72.6 Å². The van der Waals surface area contributed by atoms with Crippen LogP contribution in [-0.2, 0) is 16.0 Å². The van der Waals surface area contributed by atoms with Gasteiger partial charge in [0, 0.05) is 21.4 Å². The predicted octanol–water partition coefficient (Wildman–Crippen LogP) is 6.20. The normalized spacial score (nSPS) is 16.8. The molecule has 0 spiro atoms. The van der Waals surface area contributed by atoms with Crippen LogP contribution in [0.25, 0.3) is 0 Å². The number of nitriles is 1. The van der Waals surface area contributed by atoms with Crippen molar-refractivity contribution in [2.45, 2.75) is 11.7 Å². The molecular formula is C25H16Cl2FN3O2S. The first-order valence-corrected chi connectivity index (χ1v) is 11.7. The molecule has 1 saturated heterocycles. The van der Waals surface area contributed by atoms with Crippen molar-refractivity contribution in [3.63, 3.8) is 0 Å². The first-order chi connectivity index (χ1) is 16.4. The molecular weight excluding hydrogens is 496 g/mol. The number of anilines is 2. The Morgan fingerprint density at radius 3 is 2.18 bits per heavy atom. The molecule has 0 bridgehead atoms. The molecule has 1 aliphatic rings. The number of nitrogens with zero attached hydrogens (tertiary/aromatic N) is 2. The van der Waals surface area contributed by atoms with Gasteiger partial charge in [-0.25, -0.2) is 4.39 Å². The number of thioether (sulfide) groups is 1.